The second-order valence-corrected chi connectivity index (χ2v) is 4.37. The number of benzene rings is 1. The highest BCUT2D eigenvalue weighted by Gasteiger charge is 2.27. The fourth-order valence-electron chi connectivity index (χ4n) is 1.33. The topological polar surface area (TPSA) is 50.7 Å². The van der Waals surface area contributed by atoms with Gasteiger partial charge in [-0.2, -0.15) is 0 Å². The van der Waals surface area contributed by atoms with Crippen molar-refractivity contribution in [3.8, 4) is 0 Å². The van der Waals surface area contributed by atoms with Crippen LogP contribution in [0.1, 0.15) is 20.3 Å². The van der Waals surface area contributed by atoms with Gasteiger partial charge in [-0.25, -0.2) is 26.3 Å². The molecule has 23 heavy (non-hydrogen) atoms. The minimum atomic E-state index is -2.35. The number of amides is 1. The van der Waals surface area contributed by atoms with E-state index in [0.717, 1.165) is 6.92 Å². The molecule has 4 nitrogen and oxygen atoms in total. The van der Waals surface area contributed by atoms with Gasteiger partial charge in [0.1, 0.15) is 18.1 Å². The number of nitrogens with zero attached hydrogens (tertiary/aromatic N) is 1. The van der Waals surface area contributed by atoms with Gasteiger partial charge in [-0.3, -0.25) is 4.79 Å². The largest absolute Gasteiger partial charge is 0.389 e. The summed E-state index contributed by atoms with van der Waals surface area (Å²) in [6.07, 6.45) is -0.682. The van der Waals surface area contributed by atoms with Crippen molar-refractivity contribution in [2.24, 2.45) is 5.16 Å². The first kappa shape index (κ1) is 18.8. The van der Waals surface area contributed by atoms with Gasteiger partial charge < -0.3 is 10.2 Å². The van der Waals surface area contributed by atoms with Gasteiger partial charge in [0.2, 0.25) is 5.82 Å². The maximum absolute atomic E-state index is 13.4. The van der Waals surface area contributed by atoms with Gasteiger partial charge in [-0.05, 0) is 13.3 Å². The molecule has 0 saturated heterocycles. The number of carbonyl (C=O) groups excluding carboxylic acids is 1. The van der Waals surface area contributed by atoms with Crippen LogP contribution in [0, 0.1) is 29.1 Å². The lowest BCUT2D eigenvalue weighted by molar-refractivity contribution is -0.110. The van der Waals surface area contributed by atoms with E-state index in [-0.39, 0.29) is 6.42 Å². The van der Waals surface area contributed by atoms with Crippen LogP contribution in [0.2, 0.25) is 0 Å². The summed E-state index contributed by atoms with van der Waals surface area (Å²) in [5.41, 5.74) is -2.01. The molecule has 0 saturated carbocycles. The molecule has 0 fully saturated rings. The monoisotopic (exact) mass is 342 g/mol. The highest BCUT2D eigenvalue weighted by molar-refractivity contribution is 6.42. The average molecular weight is 342 g/mol. The fourth-order valence-corrected chi connectivity index (χ4v) is 1.33. The first-order chi connectivity index (χ1) is 10.7. The van der Waals surface area contributed by atoms with Crippen LogP contribution in [0.15, 0.2) is 5.16 Å². The van der Waals surface area contributed by atoms with E-state index in [1.165, 1.54) is 5.32 Å². The zero-order valence-electron chi connectivity index (χ0n) is 12.0. The van der Waals surface area contributed by atoms with Gasteiger partial charge in [-0.15, -0.1) is 0 Å². The van der Waals surface area contributed by atoms with Crippen LogP contribution in [0.25, 0.3) is 0 Å². The van der Waals surface area contributed by atoms with E-state index in [4.69, 9.17) is 0 Å². The minimum absolute atomic E-state index is 0.243. The van der Waals surface area contributed by atoms with Gasteiger partial charge >= 0.3 is 0 Å². The Balaban J connectivity index is 3.00. The Kier molecular flexibility index (Phi) is 6.40. The Labute approximate surface area is 127 Å². The van der Waals surface area contributed by atoms with Crippen molar-refractivity contribution in [1.29, 1.82) is 0 Å². The molecule has 0 aliphatic carbocycles. The zero-order valence-corrected chi connectivity index (χ0v) is 12.0. The number of anilines is 1. The number of nitrogens with one attached hydrogen (secondary N) is 1. The van der Waals surface area contributed by atoms with E-state index in [9.17, 15) is 31.1 Å². The number of carbonyl (C=O) groups is 1. The number of alkyl halides is 1. The Bertz CT molecular complexity index is 602. The molecule has 0 radical (unpaired) electrons. The molecule has 1 N–H and O–H groups in total. The molecule has 1 atom stereocenters. The van der Waals surface area contributed by atoms with Crippen molar-refractivity contribution in [2.75, 3.05) is 12.0 Å². The molecule has 1 unspecified atom stereocenters. The van der Waals surface area contributed by atoms with Crippen molar-refractivity contribution >= 4 is 17.3 Å². The van der Waals surface area contributed by atoms with Gasteiger partial charge in [0.15, 0.2) is 29.4 Å². The lowest BCUT2D eigenvalue weighted by Gasteiger charge is -2.11. The van der Waals surface area contributed by atoms with Crippen molar-refractivity contribution in [3.05, 3.63) is 29.1 Å². The van der Waals surface area contributed by atoms with E-state index in [2.05, 4.69) is 9.99 Å². The predicted octanol–water partition coefficient (Wildman–Crippen LogP) is 3.46. The maximum atomic E-state index is 13.4. The Hall–Kier alpha value is -2.26. The van der Waals surface area contributed by atoms with Crippen LogP contribution in [-0.2, 0) is 9.63 Å². The summed E-state index contributed by atoms with van der Waals surface area (Å²) in [6.45, 7) is 1.75. The molecule has 1 aromatic carbocycles. The Morgan fingerprint density at radius 3 is 2.00 bits per heavy atom. The van der Waals surface area contributed by atoms with Gasteiger partial charge in [0.25, 0.3) is 5.91 Å². The van der Waals surface area contributed by atoms with Crippen LogP contribution in [0.4, 0.5) is 32.0 Å². The van der Waals surface area contributed by atoms with E-state index >= 15 is 0 Å². The van der Waals surface area contributed by atoms with Gasteiger partial charge in [0.05, 0.1) is 0 Å². The van der Waals surface area contributed by atoms with Crippen molar-refractivity contribution in [1.82, 2.24) is 0 Å². The summed E-state index contributed by atoms with van der Waals surface area (Å²) in [7, 11) is 0. The van der Waals surface area contributed by atoms with Crippen molar-refractivity contribution in [3.63, 3.8) is 0 Å². The Morgan fingerprint density at radius 1 is 1.09 bits per heavy atom. The minimum Gasteiger partial charge on any atom is -0.389 e. The maximum Gasteiger partial charge on any atom is 0.273 e. The molecule has 0 bridgehead atoms. The lowest BCUT2D eigenvalue weighted by atomic mass is 10.2. The zero-order chi connectivity index (χ0) is 17.7. The third kappa shape index (κ3) is 4.14. The third-order valence-corrected chi connectivity index (χ3v) is 2.74. The average Bonchev–Trinajstić information content (AvgIpc) is 2.55. The molecule has 1 aromatic rings. The molecular weight excluding hydrogens is 330 g/mol. The summed E-state index contributed by atoms with van der Waals surface area (Å²) in [5, 5.41) is 4.75. The third-order valence-electron chi connectivity index (χ3n) is 2.74. The predicted molar refractivity (Wildman–Crippen MR) is 69.1 cm³/mol. The second kappa shape index (κ2) is 7.84. The molecule has 0 heterocycles. The molecule has 1 amide bonds. The lowest BCUT2D eigenvalue weighted by Crippen LogP contribution is -2.24. The SMILES string of the molecule is CCC(CF)O/N=C(/C)C(=O)Nc1c(F)c(F)c(F)c(F)c1F. The highest BCUT2D eigenvalue weighted by atomic mass is 19.2. The number of hydrogen-bond acceptors (Lipinski definition) is 3. The van der Waals surface area contributed by atoms with Crippen molar-refractivity contribution in [2.45, 2.75) is 26.4 Å². The number of rotatable bonds is 6. The number of halogens is 6. The molecule has 10 heteroatoms. The summed E-state index contributed by atoms with van der Waals surface area (Å²) in [4.78, 5) is 16.3. The van der Waals surface area contributed by atoms with E-state index < -0.39 is 59.2 Å². The normalized spacial score (nSPS) is 13.0. The number of hydrogen-bond donors (Lipinski definition) is 1. The molecule has 0 aliphatic rings. The quantitative estimate of drug-likeness (QED) is 0.283. The summed E-state index contributed by atoms with van der Waals surface area (Å²) < 4.78 is 78.0. The second-order valence-electron chi connectivity index (χ2n) is 4.37. The summed E-state index contributed by atoms with van der Waals surface area (Å²) >= 11 is 0. The number of oxime groups is 1. The highest BCUT2D eigenvalue weighted by Crippen LogP contribution is 2.27. The molecule has 0 spiro atoms. The van der Waals surface area contributed by atoms with Crippen LogP contribution in [0.5, 0.6) is 0 Å². The standard InChI is InChI=1S/C13H12F6N2O2/c1-3-6(4-14)23-21-5(2)13(22)20-12-10(18)8(16)7(15)9(17)11(12)19/h6H,3-4H2,1-2H3,(H,20,22)/b21-5-. The van der Waals surface area contributed by atoms with E-state index in [0.29, 0.717) is 0 Å². The van der Waals surface area contributed by atoms with Gasteiger partial charge in [0, 0.05) is 0 Å². The summed E-state index contributed by atoms with van der Waals surface area (Å²) in [5.74, 6) is -12.4. The van der Waals surface area contributed by atoms with Crippen molar-refractivity contribution < 1.29 is 36.0 Å². The van der Waals surface area contributed by atoms with Crippen LogP contribution in [-0.4, -0.2) is 24.4 Å². The Morgan fingerprint density at radius 2 is 1.57 bits per heavy atom. The van der Waals surface area contributed by atoms with E-state index in [1.54, 1.807) is 6.92 Å². The first-order valence-electron chi connectivity index (χ1n) is 6.33. The van der Waals surface area contributed by atoms with Crippen LogP contribution >= 0.6 is 0 Å². The molecule has 0 aliphatic heterocycles. The summed E-state index contributed by atoms with van der Waals surface area (Å²) in [6, 6.07) is 0. The van der Waals surface area contributed by atoms with Gasteiger partial charge in [-0.1, -0.05) is 12.1 Å². The molecule has 0 aromatic heterocycles. The smallest absolute Gasteiger partial charge is 0.273 e. The van der Waals surface area contributed by atoms with Crippen LogP contribution in [0.3, 0.4) is 0 Å². The molecule has 128 valence electrons. The fraction of sp³-hybridized carbons (Fsp3) is 0.385. The van der Waals surface area contributed by atoms with Crippen LogP contribution < -0.4 is 5.32 Å². The molecular formula is C13H12F6N2O2. The molecule has 1 rings (SSSR count). The van der Waals surface area contributed by atoms with E-state index in [1.807, 2.05) is 0 Å². The first-order valence-corrected chi connectivity index (χ1v) is 6.33.